The average molecular weight is 349 g/mol. The van der Waals surface area contributed by atoms with Crippen LogP contribution in [0.2, 0.25) is 0 Å². The first-order chi connectivity index (χ1) is 11.9. The number of alkyl halides is 3. The van der Waals surface area contributed by atoms with Crippen molar-refractivity contribution in [2.75, 3.05) is 0 Å². The van der Waals surface area contributed by atoms with Gasteiger partial charge in [0.2, 0.25) is 11.7 Å². The van der Waals surface area contributed by atoms with Crippen LogP contribution in [0, 0.1) is 5.92 Å². The van der Waals surface area contributed by atoms with Crippen molar-refractivity contribution in [3.8, 4) is 11.4 Å². The monoisotopic (exact) mass is 349 g/mol. The Morgan fingerprint density at radius 3 is 2.64 bits per heavy atom. The van der Waals surface area contributed by atoms with E-state index in [9.17, 15) is 18.0 Å². The van der Waals surface area contributed by atoms with Crippen LogP contribution in [0.5, 0.6) is 0 Å². The van der Waals surface area contributed by atoms with Crippen molar-refractivity contribution in [2.45, 2.75) is 31.9 Å². The van der Waals surface area contributed by atoms with Gasteiger partial charge in [-0.05, 0) is 25.0 Å². The summed E-state index contributed by atoms with van der Waals surface area (Å²) in [5.74, 6) is -1.52. The lowest BCUT2D eigenvalue weighted by Crippen LogP contribution is -2.18. The lowest BCUT2D eigenvalue weighted by molar-refractivity contribution is -0.159. The summed E-state index contributed by atoms with van der Waals surface area (Å²) >= 11 is 0. The number of hydrogen-bond acceptors (Lipinski definition) is 4. The largest absolute Gasteiger partial charge is 0.471 e. The summed E-state index contributed by atoms with van der Waals surface area (Å²) in [5.41, 5.74) is 0.999. The molecule has 0 N–H and O–H groups in total. The molecular formula is C17H14F3N3O2. The molecule has 0 atom stereocenters. The molecule has 1 fully saturated rings. The van der Waals surface area contributed by atoms with Gasteiger partial charge in [0.05, 0.1) is 5.52 Å². The zero-order valence-corrected chi connectivity index (χ0v) is 13.1. The third kappa shape index (κ3) is 2.81. The average Bonchev–Trinajstić information content (AvgIpc) is 3.31. The summed E-state index contributed by atoms with van der Waals surface area (Å²) in [6.07, 6.45) is 0.852. The highest BCUT2D eigenvalue weighted by Crippen LogP contribution is 2.31. The van der Waals surface area contributed by atoms with Gasteiger partial charge in [-0.1, -0.05) is 30.1 Å². The second-order valence-electron chi connectivity index (χ2n) is 6.20. The Morgan fingerprint density at radius 1 is 1.20 bits per heavy atom. The van der Waals surface area contributed by atoms with Crippen LogP contribution in [0.4, 0.5) is 13.2 Å². The Labute approximate surface area is 140 Å². The van der Waals surface area contributed by atoms with Gasteiger partial charge in [-0.25, -0.2) is 0 Å². The molecular weight excluding hydrogens is 335 g/mol. The Bertz CT molecular complexity index is 936. The van der Waals surface area contributed by atoms with Crippen molar-refractivity contribution >= 4 is 16.8 Å². The Kier molecular flexibility index (Phi) is 3.63. The molecule has 2 heterocycles. The number of benzene rings is 1. The maximum atomic E-state index is 12.7. The molecule has 0 amide bonds. The molecule has 1 aromatic carbocycles. The molecule has 4 rings (SSSR count). The molecule has 5 nitrogen and oxygen atoms in total. The molecule has 3 aromatic rings. The Balaban J connectivity index is 1.73. The van der Waals surface area contributed by atoms with E-state index >= 15 is 0 Å². The quantitative estimate of drug-likeness (QED) is 0.681. The van der Waals surface area contributed by atoms with Crippen molar-refractivity contribution in [3.63, 3.8) is 0 Å². The molecule has 0 unspecified atom stereocenters. The predicted octanol–water partition coefficient (Wildman–Crippen LogP) is 4.54. The molecule has 0 spiro atoms. The fourth-order valence-electron chi connectivity index (χ4n) is 3.28. The standard InChI is InChI=1S/C17H14F3N3O2/c18-17(19,20)16-21-14(22-25-16)12-6-5-10-7-8-23(13(10)9-12)15(24)11-3-1-2-4-11/h5-9,11H,1-4H2. The molecule has 2 aromatic heterocycles. The molecule has 1 saturated carbocycles. The Hall–Kier alpha value is -2.64. The lowest BCUT2D eigenvalue weighted by Gasteiger charge is -2.10. The van der Waals surface area contributed by atoms with E-state index < -0.39 is 12.1 Å². The summed E-state index contributed by atoms with van der Waals surface area (Å²) in [4.78, 5) is 16.1. The molecule has 130 valence electrons. The molecule has 8 heteroatoms. The van der Waals surface area contributed by atoms with E-state index in [4.69, 9.17) is 0 Å². The minimum Gasteiger partial charge on any atom is -0.329 e. The van der Waals surface area contributed by atoms with Crippen LogP contribution in [0.1, 0.15) is 36.4 Å². The molecule has 0 radical (unpaired) electrons. The van der Waals surface area contributed by atoms with Gasteiger partial charge in [-0.2, -0.15) is 18.2 Å². The van der Waals surface area contributed by atoms with E-state index in [1.807, 2.05) is 6.07 Å². The van der Waals surface area contributed by atoms with Crippen LogP contribution < -0.4 is 0 Å². The van der Waals surface area contributed by atoms with Gasteiger partial charge in [-0.3, -0.25) is 9.36 Å². The van der Waals surface area contributed by atoms with E-state index in [-0.39, 0.29) is 17.6 Å². The van der Waals surface area contributed by atoms with E-state index in [1.54, 1.807) is 29.0 Å². The van der Waals surface area contributed by atoms with Gasteiger partial charge in [0, 0.05) is 23.1 Å². The highest BCUT2D eigenvalue weighted by molar-refractivity contribution is 5.95. The molecule has 1 aliphatic rings. The lowest BCUT2D eigenvalue weighted by atomic mass is 10.1. The fraction of sp³-hybridized carbons (Fsp3) is 0.353. The van der Waals surface area contributed by atoms with Crippen LogP contribution in [-0.2, 0) is 6.18 Å². The SMILES string of the molecule is O=C(C1CCCC1)n1ccc2ccc(-c3noc(C(F)(F)F)n3)cc21. The van der Waals surface area contributed by atoms with E-state index in [1.165, 1.54) is 0 Å². The summed E-state index contributed by atoms with van der Waals surface area (Å²) in [7, 11) is 0. The summed E-state index contributed by atoms with van der Waals surface area (Å²) in [6, 6.07) is 6.76. The second-order valence-corrected chi connectivity index (χ2v) is 6.20. The van der Waals surface area contributed by atoms with Crippen LogP contribution in [0.25, 0.3) is 22.3 Å². The minimum absolute atomic E-state index is 0.00117. The number of carbonyl (C=O) groups is 1. The van der Waals surface area contributed by atoms with E-state index in [0.717, 1.165) is 31.1 Å². The van der Waals surface area contributed by atoms with Gasteiger partial charge in [-0.15, -0.1) is 0 Å². The van der Waals surface area contributed by atoms with Crippen LogP contribution >= 0.6 is 0 Å². The van der Waals surface area contributed by atoms with Crippen LogP contribution in [0.15, 0.2) is 35.0 Å². The fourth-order valence-corrected chi connectivity index (χ4v) is 3.28. The van der Waals surface area contributed by atoms with Gasteiger partial charge < -0.3 is 4.52 Å². The minimum atomic E-state index is -4.69. The highest BCUT2D eigenvalue weighted by Gasteiger charge is 2.38. The van der Waals surface area contributed by atoms with Gasteiger partial charge in [0.15, 0.2) is 0 Å². The van der Waals surface area contributed by atoms with Gasteiger partial charge in [0.25, 0.3) is 0 Å². The molecule has 1 aliphatic carbocycles. The van der Waals surface area contributed by atoms with Crippen molar-refractivity contribution < 1.29 is 22.5 Å². The third-order valence-corrected chi connectivity index (χ3v) is 4.56. The number of fused-ring (bicyclic) bond motifs is 1. The molecule has 0 saturated heterocycles. The first-order valence-corrected chi connectivity index (χ1v) is 8.00. The molecule has 25 heavy (non-hydrogen) atoms. The normalized spacial score (nSPS) is 16.0. The topological polar surface area (TPSA) is 60.9 Å². The number of nitrogens with zero attached hydrogens (tertiary/aromatic N) is 3. The van der Waals surface area contributed by atoms with Crippen molar-refractivity contribution in [3.05, 3.63) is 36.4 Å². The summed E-state index contributed by atoms with van der Waals surface area (Å²) in [5, 5.41) is 4.22. The van der Waals surface area contributed by atoms with Crippen molar-refractivity contribution in [1.82, 2.24) is 14.7 Å². The highest BCUT2D eigenvalue weighted by atomic mass is 19.4. The number of hydrogen-bond donors (Lipinski definition) is 0. The maximum Gasteiger partial charge on any atom is 0.471 e. The number of halogens is 3. The first kappa shape index (κ1) is 15.9. The smallest absolute Gasteiger partial charge is 0.329 e. The van der Waals surface area contributed by atoms with Gasteiger partial charge in [0.1, 0.15) is 0 Å². The molecule has 0 bridgehead atoms. The number of rotatable bonds is 2. The first-order valence-electron chi connectivity index (χ1n) is 8.00. The zero-order valence-electron chi connectivity index (χ0n) is 13.1. The third-order valence-electron chi connectivity index (χ3n) is 4.56. The zero-order chi connectivity index (χ0) is 17.6. The number of aromatic nitrogens is 3. The van der Waals surface area contributed by atoms with Crippen molar-refractivity contribution in [2.24, 2.45) is 5.92 Å². The molecule has 0 aliphatic heterocycles. The predicted molar refractivity (Wildman–Crippen MR) is 82.8 cm³/mol. The summed E-state index contributed by atoms with van der Waals surface area (Å²) in [6.45, 7) is 0. The van der Waals surface area contributed by atoms with Gasteiger partial charge >= 0.3 is 12.1 Å². The van der Waals surface area contributed by atoms with E-state index in [2.05, 4.69) is 14.7 Å². The second kappa shape index (κ2) is 5.72. The number of carbonyl (C=O) groups excluding carboxylic acids is 1. The Morgan fingerprint density at radius 2 is 1.96 bits per heavy atom. The van der Waals surface area contributed by atoms with Crippen LogP contribution in [0.3, 0.4) is 0 Å². The maximum absolute atomic E-state index is 12.7. The van der Waals surface area contributed by atoms with Crippen molar-refractivity contribution in [1.29, 1.82) is 0 Å². The van der Waals surface area contributed by atoms with Crippen LogP contribution in [-0.4, -0.2) is 20.6 Å². The van der Waals surface area contributed by atoms with E-state index in [0.29, 0.717) is 11.1 Å². The summed E-state index contributed by atoms with van der Waals surface area (Å²) < 4.78 is 43.7.